The third-order valence-electron chi connectivity index (χ3n) is 6.89. The van der Waals surface area contributed by atoms with Crippen LogP contribution in [0, 0.1) is 5.92 Å². The first-order valence-electron chi connectivity index (χ1n) is 15.5. The van der Waals surface area contributed by atoms with Crippen molar-refractivity contribution in [3.8, 4) is 0 Å². The molecule has 4 atom stereocenters. The van der Waals surface area contributed by atoms with E-state index in [0.717, 1.165) is 24.8 Å². The Morgan fingerprint density at radius 3 is 2.24 bits per heavy atom. The fourth-order valence-corrected chi connectivity index (χ4v) is 4.94. The van der Waals surface area contributed by atoms with Gasteiger partial charge in [0.1, 0.15) is 17.7 Å². The zero-order chi connectivity index (χ0) is 31.9. The van der Waals surface area contributed by atoms with Crippen molar-refractivity contribution in [3.63, 3.8) is 0 Å². The Bertz CT molecular complexity index is 897. The summed E-state index contributed by atoms with van der Waals surface area (Å²) in [6.45, 7) is 14.8. The molecule has 0 bridgehead atoms. The molecule has 0 aromatic heterocycles. The van der Waals surface area contributed by atoms with Crippen LogP contribution < -0.4 is 10.6 Å². The molecule has 3 rings (SSSR count). The highest BCUT2D eigenvalue weighted by atomic mass is 16.6. The molecule has 0 saturated carbocycles. The van der Waals surface area contributed by atoms with Crippen LogP contribution in [-0.2, 0) is 28.6 Å². The number of amides is 3. The van der Waals surface area contributed by atoms with Gasteiger partial charge in [-0.1, -0.05) is 40.2 Å². The lowest BCUT2D eigenvalue weighted by Gasteiger charge is -2.34. The number of ether oxygens (including phenoxy) is 3. The van der Waals surface area contributed by atoms with Crippen molar-refractivity contribution in [1.29, 1.82) is 0 Å². The number of aliphatic hydroxyl groups excluding tert-OH is 1. The van der Waals surface area contributed by atoms with Gasteiger partial charge in [-0.15, -0.1) is 0 Å². The van der Waals surface area contributed by atoms with Gasteiger partial charge in [0.05, 0.1) is 26.4 Å². The second-order valence-electron chi connectivity index (χ2n) is 11.7. The van der Waals surface area contributed by atoms with Crippen LogP contribution in [0.15, 0.2) is 11.6 Å². The SMILES string of the molecule is CC.CCC.COC(=O)C(O)C(CC1COC1)NC(=O)[C@@H]1CCCN1C(=O)[C@@H](NC(=O)OC(C)(C)C)C1=CCCCC1. The summed E-state index contributed by atoms with van der Waals surface area (Å²) in [7, 11) is 1.17. The van der Waals surface area contributed by atoms with E-state index < -0.39 is 47.8 Å². The normalized spacial score (nSPS) is 20.5. The van der Waals surface area contributed by atoms with Gasteiger partial charge in [-0.25, -0.2) is 9.59 Å². The molecule has 3 amide bonds. The largest absolute Gasteiger partial charge is 0.467 e. The predicted molar refractivity (Wildman–Crippen MR) is 161 cm³/mol. The molecule has 0 aromatic rings. The van der Waals surface area contributed by atoms with Gasteiger partial charge in [0.15, 0.2) is 6.10 Å². The maximum Gasteiger partial charge on any atom is 0.408 e. The summed E-state index contributed by atoms with van der Waals surface area (Å²) in [5.41, 5.74) is 0.0903. The van der Waals surface area contributed by atoms with E-state index in [1.807, 2.05) is 19.9 Å². The van der Waals surface area contributed by atoms with E-state index in [-0.39, 0.29) is 11.8 Å². The molecular weight excluding hydrogens is 542 g/mol. The summed E-state index contributed by atoms with van der Waals surface area (Å²) in [5, 5.41) is 16.0. The highest BCUT2D eigenvalue weighted by Crippen LogP contribution is 2.26. The monoisotopic (exact) mass is 597 g/mol. The smallest absolute Gasteiger partial charge is 0.408 e. The first-order chi connectivity index (χ1) is 19.9. The summed E-state index contributed by atoms with van der Waals surface area (Å²) in [4.78, 5) is 53.2. The van der Waals surface area contributed by atoms with Crippen molar-refractivity contribution in [1.82, 2.24) is 15.5 Å². The number of nitrogens with zero attached hydrogens (tertiary/aromatic N) is 1. The number of alkyl carbamates (subject to hydrolysis) is 1. The van der Waals surface area contributed by atoms with Crippen LogP contribution in [0.4, 0.5) is 4.79 Å². The topological polar surface area (TPSA) is 144 Å². The molecule has 11 nitrogen and oxygen atoms in total. The van der Waals surface area contributed by atoms with E-state index in [0.29, 0.717) is 45.4 Å². The van der Waals surface area contributed by atoms with Crippen LogP contribution in [0.25, 0.3) is 0 Å². The van der Waals surface area contributed by atoms with E-state index in [1.54, 1.807) is 20.8 Å². The Kier molecular flexibility index (Phi) is 16.7. The lowest BCUT2D eigenvalue weighted by atomic mass is 9.92. The number of esters is 1. The number of hydrogen-bond donors (Lipinski definition) is 3. The lowest BCUT2D eigenvalue weighted by molar-refractivity contribution is -0.154. The number of carbonyl (C=O) groups is 4. The molecule has 242 valence electrons. The molecule has 2 aliphatic heterocycles. The van der Waals surface area contributed by atoms with Crippen molar-refractivity contribution in [2.75, 3.05) is 26.9 Å². The summed E-state index contributed by atoms with van der Waals surface area (Å²) < 4.78 is 15.3. The van der Waals surface area contributed by atoms with Gasteiger partial charge in [0.25, 0.3) is 0 Å². The second kappa shape index (κ2) is 18.8. The van der Waals surface area contributed by atoms with Gasteiger partial charge in [-0.2, -0.15) is 0 Å². The third kappa shape index (κ3) is 11.9. The number of allylic oxidation sites excluding steroid dienone is 1. The predicted octanol–water partition coefficient (Wildman–Crippen LogP) is 3.87. The zero-order valence-corrected chi connectivity index (χ0v) is 27.0. The highest BCUT2D eigenvalue weighted by Gasteiger charge is 2.41. The Morgan fingerprint density at radius 1 is 1.10 bits per heavy atom. The number of hydrogen-bond acceptors (Lipinski definition) is 8. The average Bonchev–Trinajstić information content (AvgIpc) is 3.43. The summed E-state index contributed by atoms with van der Waals surface area (Å²) in [5.74, 6) is -1.55. The van der Waals surface area contributed by atoms with Crippen LogP contribution >= 0.6 is 0 Å². The van der Waals surface area contributed by atoms with Gasteiger partial charge in [-0.05, 0) is 71.3 Å². The number of likely N-dealkylation sites (tertiary alicyclic amines) is 1. The van der Waals surface area contributed by atoms with Crippen LogP contribution in [0.3, 0.4) is 0 Å². The van der Waals surface area contributed by atoms with Crippen molar-refractivity contribution < 1.29 is 38.5 Å². The molecule has 42 heavy (non-hydrogen) atoms. The highest BCUT2D eigenvalue weighted by molar-refractivity contribution is 5.94. The van der Waals surface area contributed by atoms with E-state index in [4.69, 9.17) is 9.47 Å². The van der Waals surface area contributed by atoms with E-state index >= 15 is 0 Å². The van der Waals surface area contributed by atoms with Crippen LogP contribution in [0.1, 0.15) is 99.8 Å². The molecule has 0 aromatic carbocycles. The number of methoxy groups -OCH3 is 1. The summed E-state index contributed by atoms with van der Waals surface area (Å²) in [6.07, 6.45) is 5.82. The van der Waals surface area contributed by atoms with Crippen molar-refractivity contribution in [2.24, 2.45) is 5.92 Å². The molecule has 3 N–H and O–H groups in total. The fraction of sp³-hybridized carbons (Fsp3) is 0.806. The van der Waals surface area contributed by atoms with Crippen molar-refractivity contribution >= 4 is 23.9 Å². The van der Waals surface area contributed by atoms with Gasteiger partial charge in [0, 0.05) is 12.5 Å². The maximum absolute atomic E-state index is 13.8. The molecule has 2 unspecified atom stereocenters. The molecule has 3 aliphatic rings. The Balaban J connectivity index is 0.00000165. The van der Waals surface area contributed by atoms with E-state index in [1.165, 1.54) is 18.4 Å². The van der Waals surface area contributed by atoms with Gasteiger partial charge >= 0.3 is 12.1 Å². The van der Waals surface area contributed by atoms with Crippen LogP contribution in [0.5, 0.6) is 0 Å². The molecule has 2 fully saturated rings. The summed E-state index contributed by atoms with van der Waals surface area (Å²) >= 11 is 0. The zero-order valence-electron chi connectivity index (χ0n) is 27.0. The van der Waals surface area contributed by atoms with Crippen LogP contribution in [0.2, 0.25) is 0 Å². The first-order valence-corrected chi connectivity index (χ1v) is 15.5. The number of aliphatic hydroxyl groups is 1. The third-order valence-corrected chi connectivity index (χ3v) is 6.89. The lowest BCUT2D eigenvalue weighted by Crippen LogP contribution is -2.57. The van der Waals surface area contributed by atoms with Crippen molar-refractivity contribution in [2.45, 2.75) is 130 Å². The minimum Gasteiger partial charge on any atom is -0.467 e. The Morgan fingerprint density at radius 2 is 1.74 bits per heavy atom. The molecule has 1 aliphatic carbocycles. The second-order valence-corrected chi connectivity index (χ2v) is 11.7. The standard InChI is InChI=1S/C26H41N3O8.C3H8.C2H6/c1-26(2,3)37-25(34)28-20(17-9-6-5-7-10-17)23(32)29-12-8-11-19(29)22(31)27-18(13-16-14-36-15-16)21(30)24(33)35-4;1-3-2;1-2/h9,16,18-21,30H,5-8,10-15H2,1-4H3,(H,27,31)(H,28,34);3H2,1-2H3;1-2H3/t18?,19-,20-,21?;;/m0../s1. The quantitative estimate of drug-likeness (QED) is 0.269. The van der Waals surface area contributed by atoms with Gasteiger partial charge < -0.3 is 34.9 Å². The fourth-order valence-electron chi connectivity index (χ4n) is 4.94. The van der Waals surface area contributed by atoms with E-state index in [2.05, 4.69) is 29.2 Å². The molecule has 2 heterocycles. The molecule has 2 saturated heterocycles. The minimum absolute atomic E-state index is 0.103. The molecule has 0 radical (unpaired) electrons. The van der Waals surface area contributed by atoms with Gasteiger partial charge in [0.2, 0.25) is 11.8 Å². The maximum atomic E-state index is 13.8. The number of carbonyl (C=O) groups excluding carboxylic acids is 4. The Hall–Kier alpha value is -2.66. The number of nitrogens with one attached hydrogen (secondary N) is 2. The molecule has 0 spiro atoms. The number of rotatable bonds is 9. The Labute approximate surface area is 252 Å². The van der Waals surface area contributed by atoms with Crippen molar-refractivity contribution in [3.05, 3.63) is 11.6 Å². The average molecular weight is 598 g/mol. The molecular formula is C31H55N3O8. The van der Waals surface area contributed by atoms with Crippen LogP contribution in [-0.4, -0.2) is 90.6 Å². The van der Waals surface area contributed by atoms with E-state index in [9.17, 15) is 24.3 Å². The van der Waals surface area contributed by atoms with Gasteiger partial charge in [-0.3, -0.25) is 9.59 Å². The first kappa shape index (κ1) is 37.4. The summed E-state index contributed by atoms with van der Waals surface area (Å²) in [6, 6.07) is -2.58. The molecule has 11 heteroatoms. The minimum atomic E-state index is -1.53.